The summed E-state index contributed by atoms with van der Waals surface area (Å²) in [5.74, 6) is 0. The van der Waals surface area contributed by atoms with Gasteiger partial charge in [0.15, 0.2) is 0 Å². The Labute approximate surface area is 75.4 Å². The molecule has 1 rings (SSSR count). The molecule has 2 heteroatoms. The highest BCUT2D eigenvalue weighted by atomic mass is 15.0. The van der Waals surface area contributed by atoms with Gasteiger partial charge in [0.1, 0.15) is 0 Å². The Morgan fingerprint density at radius 1 is 1.33 bits per heavy atom. The molecule has 1 fully saturated rings. The zero-order valence-electron chi connectivity index (χ0n) is 8.03. The number of likely N-dealkylation sites (N-methyl/N-ethyl adjacent to an activating group) is 1. The molecular weight excluding hydrogens is 148 g/mol. The molecule has 1 aliphatic rings. The van der Waals surface area contributed by atoms with Crippen LogP contribution in [0.2, 0.25) is 0 Å². The van der Waals surface area contributed by atoms with E-state index in [0.29, 0.717) is 0 Å². The minimum Gasteiger partial charge on any atom is -0.391 e. The van der Waals surface area contributed by atoms with E-state index in [-0.39, 0.29) is 0 Å². The molecule has 1 saturated carbocycles. The Kier molecular flexibility index (Phi) is 4.15. The van der Waals surface area contributed by atoms with Crippen molar-refractivity contribution < 1.29 is 0 Å². The van der Waals surface area contributed by atoms with Gasteiger partial charge in [-0.2, -0.15) is 0 Å². The van der Waals surface area contributed by atoms with Gasteiger partial charge in [0, 0.05) is 25.3 Å². The third-order valence-electron chi connectivity index (χ3n) is 2.56. The summed E-state index contributed by atoms with van der Waals surface area (Å²) in [6.07, 6.45) is 6.90. The van der Waals surface area contributed by atoms with E-state index in [9.17, 15) is 0 Å². The number of rotatable bonds is 4. The van der Waals surface area contributed by atoms with Gasteiger partial charge in [-0.25, -0.2) is 0 Å². The summed E-state index contributed by atoms with van der Waals surface area (Å²) < 4.78 is 0. The molecule has 0 aliphatic heterocycles. The lowest BCUT2D eigenvalue weighted by Gasteiger charge is -2.23. The summed E-state index contributed by atoms with van der Waals surface area (Å²) in [7, 11) is 1.92. The van der Waals surface area contributed by atoms with Crippen LogP contribution < -0.4 is 10.6 Å². The molecule has 0 aromatic heterocycles. The lowest BCUT2D eigenvalue weighted by Crippen LogP contribution is -2.34. The van der Waals surface area contributed by atoms with E-state index >= 15 is 0 Å². The van der Waals surface area contributed by atoms with Crippen molar-refractivity contribution in [2.75, 3.05) is 13.6 Å². The van der Waals surface area contributed by atoms with Gasteiger partial charge in [-0.3, -0.25) is 0 Å². The van der Waals surface area contributed by atoms with E-state index in [1.165, 1.54) is 32.1 Å². The van der Waals surface area contributed by atoms with Crippen molar-refractivity contribution >= 4 is 0 Å². The standard InChI is InChI=1S/C10H20N2/c1-9(11-2)8-12-10-6-4-3-5-7-10/h10-12H,1,3-8H2,2H3. The maximum Gasteiger partial charge on any atom is 0.0350 e. The molecule has 0 bridgehead atoms. The third kappa shape index (κ3) is 3.26. The maximum absolute atomic E-state index is 3.88. The molecule has 2 N–H and O–H groups in total. The Balaban J connectivity index is 2.09. The van der Waals surface area contributed by atoms with Gasteiger partial charge in [-0.1, -0.05) is 25.8 Å². The molecule has 70 valence electrons. The number of hydrogen-bond acceptors (Lipinski definition) is 2. The van der Waals surface area contributed by atoms with Crippen LogP contribution in [-0.2, 0) is 0 Å². The van der Waals surface area contributed by atoms with Crippen LogP contribution >= 0.6 is 0 Å². The van der Waals surface area contributed by atoms with E-state index in [1.54, 1.807) is 0 Å². The molecule has 0 unspecified atom stereocenters. The largest absolute Gasteiger partial charge is 0.391 e. The fourth-order valence-electron chi connectivity index (χ4n) is 1.66. The average molecular weight is 168 g/mol. The summed E-state index contributed by atoms with van der Waals surface area (Å²) >= 11 is 0. The van der Waals surface area contributed by atoms with Gasteiger partial charge >= 0.3 is 0 Å². The van der Waals surface area contributed by atoms with Gasteiger partial charge in [-0.15, -0.1) is 0 Å². The Morgan fingerprint density at radius 3 is 2.58 bits per heavy atom. The molecule has 0 spiro atoms. The van der Waals surface area contributed by atoms with Crippen molar-refractivity contribution in [3.63, 3.8) is 0 Å². The van der Waals surface area contributed by atoms with Gasteiger partial charge < -0.3 is 10.6 Å². The summed E-state index contributed by atoms with van der Waals surface area (Å²) in [5.41, 5.74) is 1.08. The fourth-order valence-corrected chi connectivity index (χ4v) is 1.66. The van der Waals surface area contributed by atoms with Crippen molar-refractivity contribution in [3.05, 3.63) is 12.3 Å². The zero-order valence-corrected chi connectivity index (χ0v) is 8.03. The molecule has 0 radical (unpaired) electrons. The summed E-state index contributed by atoms with van der Waals surface area (Å²) in [6.45, 7) is 4.80. The smallest absolute Gasteiger partial charge is 0.0350 e. The van der Waals surface area contributed by atoms with Crippen LogP contribution in [0.1, 0.15) is 32.1 Å². The predicted octanol–water partition coefficient (Wildman–Crippen LogP) is 1.64. The molecule has 0 amide bonds. The highest BCUT2D eigenvalue weighted by molar-refractivity contribution is 4.93. The Hall–Kier alpha value is -0.500. The summed E-state index contributed by atoms with van der Waals surface area (Å²) in [5, 5.41) is 6.56. The zero-order chi connectivity index (χ0) is 8.81. The first-order chi connectivity index (χ1) is 5.83. The Bertz CT molecular complexity index is 137. The van der Waals surface area contributed by atoms with Crippen LogP contribution in [0.15, 0.2) is 12.3 Å². The molecule has 0 heterocycles. The molecule has 0 atom stereocenters. The van der Waals surface area contributed by atoms with Crippen LogP contribution in [0.4, 0.5) is 0 Å². The van der Waals surface area contributed by atoms with E-state index in [0.717, 1.165) is 18.3 Å². The monoisotopic (exact) mass is 168 g/mol. The fraction of sp³-hybridized carbons (Fsp3) is 0.800. The predicted molar refractivity (Wildman–Crippen MR) is 53.1 cm³/mol. The van der Waals surface area contributed by atoms with Gasteiger partial charge in [0.05, 0.1) is 0 Å². The minimum absolute atomic E-state index is 0.740. The second kappa shape index (κ2) is 5.20. The van der Waals surface area contributed by atoms with E-state index in [2.05, 4.69) is 17.2 Å². The lowest BCUT2D eigenvalue weighted by molar-refractivity contribution is 0.381. The minimum atomic E-state index is 0.740. The lowest BCUT2D eigenvalue weighted by atomic mass is 9.95. The number of hydrogen-bond donors (Lipinski definition) is 2. The first-order valence-corrected chi connectivity index (χ1v) is 4.92. The van der Waals surface area contributed by atoms with Crippen molar-refractivity contribution in [2.45, 2.75) is 38.1 Å². The van der Waals surface area contributed by atoms with Crippen molar-refractivity contribution in [1.82, 2.24) is 10.6 Å². The van der Waals surface area contributed by atoms with Crippen LogP contribution in [0.5, 0.6) is 0 Å². The number of nitrogens with one attached hydrogen (secondary N) is 2. The van der Waals surface area contributed by atoms with Crippen LogP contribution in [0.25, 0.3) is 0 Å². The normalized spacial score (nSPS) is 19.1. The van der Waals surface area contributed by atoms with E-state index < -0.39 is 0 Å². The van der Waals surface area contributed by atoms with Crippen molar-refractivity contribution in [2.24, 2.45) is 0 Å². The Morgan fingerprint density at radius 2 is 2.00 bits per heavy atom. The van der Waals surface area contributed by atoms with E-state index in [1.807, 2.05) is 7.05 Å². The highest BCUT2D eigenvalue weighted by Gasteiger charge is 2.11. The first kappa shape index (κ1) is 9.59. The first-order valence-electron chi connectivity index (χ1n) is 4.92. The van der Waals surface area contributed by atoms with E-state index in [4.69, 9.17) is 0 Å². The maximum atomic E-state index is 3.88. The van der Waals surface area contributed by atoms with Crippen LogP contribution in [-0.4, -0.2) is 19.6 Å². The summed E-state index contributed by atoms with van der Waals surface area (Å²) in [6, 6.07) is 0.740. The molecular formula is C10H20N2. The van der Waals surface area contributed by atoms with Gasteiger partial charge in [-0.05, 0) is 12.8 Å². The second-order valence-electron chi connectivity index (χ2n) is 3.57. The molecule has 0 aromatic carbocycles. The molecule has 12 heavy (non-hydrogen) atoms. The second-order valence-corrected chi connectivity index (χ2v) is 3.57. The molecule has 0 saturated heterocycles. The van der Waals surface area contributed by atoms with Crippen molar-refractivity contribution in [3.8, 4) is 0 Å². The highest BCUT2D eigenvalue weighted by Crippen LogP contribution is 2.17. The topological polar surface area (TPSA) is 24.1 Å². The SMILES string of the molecule is C=C(CNC1CCCCC1)NC. The molecule has 0 aromatic rings. The summed E-state index contributed by atoms with van der Waals surface area (Å²) in [4.78, 5) is 0. The van der Waals surface area contributed by atoms with Crippen LogP contribution in [0, 0.1) is 0 Å². The van der Waals surface area contributed by atoms with Gasteiger partial charge in [0.2, 0.25) is 0 Å². The van der Waals surface area contributed by atoms with Crippen molar-refractivity contribution in [1.29, 1.82) is 0 Å². The van der Waals surface area contributed by atoms with Gasteiger partial charge in [0.25, 0.3) is 0 Å². The quantitative estimate of drug-likeness (QED) is 0.667. The molecule has 1 aliphatic carbocycles. The third-order valence-corrected chi connectivity index (χ3v) is 2.56. The van der Waals surface area contributed by atoms with Crippen LogP contribution in [0.3, 0.4) is 0 Å². The molecule has 2 nitrogen and oxygen atoms in total. The average Bonchev–Trinajstić information content (AvgIpc) is 2.16.